The molecule has 5 nitrogen and oxygen atoms in total. The third kappa shape index (κ3) is 2.50. The molecule has 1 heterocycles. The van der Waals surface area contributed by atoms with Crippen LogP contribution in [0.4, 0.5) is 0 Å². The number of hydrogen-bond donors (Lipinski definition) is 3. The van der Waals surface area contributed by atoms with Gasteiger partial charge in [-0.25, -0.2) is 10.4 Å². The highest BCUT2D eigenvalue weighted by atomic mass is 16.3. The second kappa shape index (κ2) is 4.65. The minimum atomic E-state index is 0.268. The first-order chi connectivity index (χ1) is 7.75. The number of phenolic OH excluding ortho intramolecular Hbond substituents is 1. The van der Waals surface area contributed by atoms with Crippen molar-refractivity contribution in [1.29, 1.82) is 0 Å². The summed E-state index contributed by atoms with van der Waals surface area (Å²) in [6.07, 6.45) is 1.71. The van der Waals surface area contributed by atoms with Crippen molar-refractivity contribution in [2.24, 2.45) is 10.1 Å². The number of aryl methyl sites for hydroxylation is 1. The minimum absolute atomic E-state index is 0.268. The molecule has 5 heteroatoms. The first kappa shape index (κ1) is 10.5. The van der Waals surface area contributed by atoms with Gasteiger partial charge in [0.1, 0.15) is 5.75 Å². The van der Waals surface area contributed by atoms with E-state index in [1.165, 1.54) is 0 Å². The van der Waals surface area contributed by atoms with E-state index in [-0.39, 0.29) is 5.75 Å². The summed E-state index contributed by atoms with van der Waals surface area (Å²) >= 11 is 0. The second-order valence-electron chi connectivity index (χ2n) is 3.57. The van der Waals surface area contributed by atoms with E-state index < -0.39 is 0 Å². The van der Waals surface area contributed by atoms with E-state index in [4.69, 9.17) is 0 Å². The highest BCUT2D eigenvalue weighted by molar-refractivity contribution is 5.85. The van der Waals surface area contributed by atoms with Crippen molar-refractivity contribution < 1.29 is 5.11 Å². The molecule has 1 aliphatic heterocycles. The lowest BCUT2D eigenvalue weighted by Gasteiger charge is -2.01. The average Bonchev–Trinajstić information content (AvgIpc) is 2.74. The van der Waals surface area contributed by atoms with Gasteiger partial charge in [-0.3, -0.25) is 0 Å². The number of aromatic hydroxyl groups is 1. The fraction of sp³-hybridized carbons (Fsp3) is 0.273. The fourth-order valence-electron chi connectivity index (χ4n) is 1.44. The molecule has 0 saturated heterocycles. The summed E-state index contributed by atoms with van der Waals surface area (Å²) in [5.41, 5.74) is 4.76. The van der Waals surface area contributed by atoms with Gasteiger partial charge in [0.25, 0.3) is 0 Å². The van der Waals surface area contributed by atoms with Crippen LogP contribution in [0.1, 0.15) is 11.1 Å². The Labute approximate surface area is 93.9 Å². The van der Waals surface area contributed by atoms with Gasteiger partial charge in [0.2, 0.25) is 5.96 Å². The maximum absolute atomic E-state index is 9.25. The number of nitrogens with zero attached hydrogens (tertiary/aromatic N) is 2. The number of benzene rings is 1. The van der Waals surface area contributed by atoms with Crippen LogP contribution in [0.2, 0.25) is 0 Å². The molecule has 3 N–H and O–H groups in total. The Morgan fingerprint density at radius 3 is 3.12 bits per heavy atom. The molecule has 2 rings (SSSR count). The second-order valence-corrected chi connectivity index (χ2v) is 3.57. The van der Waals surface area contributed by atoms with Gasteiger partial charge in [-0.15, -0.1) is 0 Å². The number of aliphatic imine (C=N–C) groups is 1. The van der Waals surface area contributed by atoms with Gasteiger partial charge >= 0.3 is 0 Å². The third-order valence-electron chi connectivity index (χ3n) is 2.30. The number of nitrogens with one attached hydrogen (secondary N) is 2. The van der Waals surface area contributed by atoms with Crippen LogP contribution in [0, 0.1) is 6.92 Å². The van der Waals surface area contributed by atoms with Crippen molar-refractivity contribution >= 4 is 12.2 Å². The zero-order valence-corrected chi connectivity index (χ0v) is 9.07. The van der Waals surface area contributed by atoms with Gasteiger partial charge in [0.15, 0.2) is 0 Å². The molecule has 0 saturated carbocycles. The van der Waals surface area contributed by atoms with Crippen LogP contribution in [0.25, 0.3) is 0 Å². The Kier molecular flexibility index (Phi) is 3.05. The molecular weight excluding hydrogens is 204 g/mol. The molecule has 0 bridgehead atoms. The number of hydrazone groups is 1. The van der Waals surface area contributed by atoms with Crippen LogP contribution >= 0.6 is 0 Å². The molecule has 0 spiro atoms. The molecule has 0 radical (unpaired) electrons. The number of hydrogen-bond acceptors (Lipinski definition) is 5. The van der Waals surface area contributed by atoms with E-state index in [0.717, 1.165) is 24.2 Å². The maximum Gasteiger partial charge on any atom is 0.212 e. The summed E-state index contributed by atoms with van der Waals surface area (Å²) in [5, 5.41) is 16.4. The lowest BCUT2D eigenvalue weighted by molar-refractivity contribution is 0.475. The van der Waals surface area contributed by atoms with Crippen molar-refractivity contribution in [3.63, 3.8) is 0 Å². The van der Waals surface area contributed by atoms with Gasteiger partial charge in [-0.05, 0) is 36.2 Å². The molecule has 0 atom stereocenters. The van der Waals surface area contributed by atoms with E-state index in [0.29, 0.717) is 5.96 Å². The molecule has 1 aromatic carbocycles. The van der Waals surface area contributed by atoms with Crippen molar-refractivity contribution in [3.8, 4) is 5.75 Å². The van der Waals surface area contributed by atoms with Crippen molar-refractivity contribution in [2.75, 3.05) is 13.1 Å². The zero-order valence-electron chi connectivity index (χ0n) is 9.07. The van der Waals surface area contributed by atoms with E-state index in [2.05, 4.69) is 20.8 Å². The standard InChI is InChI=1S/C11H14N4O/c1-8-6-10(16)3-2-9(8)7-14-15-11-12-4-5-13-11/h2-3,6-7,16H,4-5H2,1H3,(H2,12,13,15)/b14-7+. The van der Waals surface area contributed by atoms with Gasteiger partial charge in [0, 0.05) is 6.54 Å². The maximum atomic E-state index is 9.25. The van der Waals surface area contributed by atoms with Crippen molar-refractivity contribution in [1.82, 2.24) is 10.7 Å². The van der Waals surface area contributed by atoms with Crippen LogP contribution in [0.3, 0.4) is 0 Å². The Balaban J connectivity index is 2.00. The quantitative estimate of drug-likeness (QED) is 0.502. The van der Waals surface area contributed by atoms with Crippen LogP contribution in [0.5, 0.6) is 5.75 Å². The lowest BCUT2D eigenvalue weighted by Crippen LogP contribution is -2.30. The van der Waals surface area contributed by atoms with Crippen molar-refractivity contribution in [2.45, 2.75) is 6.92 Å². The Bertz CT molecular complexity index is 440. The molecule has 0 aliphatic carbocycles. The molecular formula is C11H14N4O. The summed E-state index contributed by atoms with van der Waals surface area (Å²) < 4.78 is 0. The first-order valence-corrected chi connectivity index (χ1v) is 5.13. The summed E-state index contributed by atoms with van der Waals surface area (Å²) in [4.78, 5) is 4.14. The molecule has 1 aromatic rings. The average molecular weight is 218 g/mol. The van der Waals surface area contributed by atoms with Gasteiger partial charge in [-0.2, -0.15) is 5.10 Å². The third-order valence-corrected chi connectivity index (χ3v) is 2.30. The molecule has 0 fully saturated rings. The van der Waals surface area contributed by atoms with Crippen LogP contribution in [0.15, 0.2) is 28.3 Å². The van der Waals surface area contributed by atoms with E-state index in [1.54, 1.807) is 18.3 Å². The normalized spacial score (nSPS) is 14.9. The predicted octanol–water partition coefficient (Wildman–Crippen LogP) is 0.583. The van der Waals surface area contributed by atoms with Gasteiger partial charge in [0.05, 0.1) is 12.8 Å². The largest absolute Gasteiger partial charge is 0.508 e. The fourth-order valence-corrected chi connectivity index (χ4v) is 1.44. The predicted molar refractivity (Wildman–Crippen MR) is 63.9 cm³/mol. The lowest BCUT2D eigenvalue weighted by atomic mass is 10.1. The molecule has 0 amide bonds. The SMILES string of the molecule is Cc1cc(O)ccc1/C=N/NC1=NCCN1. The number of phenols is 1. The van der Waals surface area contributed by atoms with Crippen LogP contribution in [-0.2, 0) is 0 Å². The molecule has 0 aromatic heterocycles. The van der Waals surface area contributed by atoms with Crippen LogP contribution < -0.4 is 10.7 Å². The number of guanidine groups is 1. The van der Waals surface area contributed by atoms with E-state index in [9.17, 15) is 5.11 Å². The Morgan fingerprint density at radius 1 is 1.56 bits per heavy atom. The molecule has 16 heavy (non-hydrogen) atoms. The summed E-state index contributed by atoms with van der Waals surface area (Å²) in [5.74, 6) is 0.970. The highest BCUT2D eigenvalue weighted by Crippen LogP contribution is 2.13. The number of rotatable bonds is 2. The molecule has 1 aliphatic rings. The zero-order chi connectivity index (χ0) is 11.4. The first-order valence-electron chi connectivity index (χ1n) is 5.13. The Hall–Kier alpha value is -2.04. The minimum Gasteiger partial charge on any atom is -0.508 e. The van der Waals surface area contributed by atoms with E-state index >= 15 is 0 Å². The van der Waals surface area contributed by atoms with Gasteiger partial charge in [-0.1, -0.05) is 0 Å². The smallest absolute Gasteiger partial charge is 0.212 e. The Morgan fingerprint density at radius 2 is 2.44 bits per heavy atom. The topological polar surface area (TPSA) is 69.0 Å². The molecule has 0 unspecified atom stereocenters. The summed E-state index contributed by atoms with van der Waals surface area (Å²) in [6.45, 7) is 3.57. The van der Waals surface area contributed by atoms with Gasteiger partial charge < -0.3 is 10.4 Å². The monoisotopic (exact) mass is 218 g/mol. The summed E-state index contributed by atoms with van der Waals surface area (Å²) in [7, 11) is 0. The van der Waals surface area contributed by atoms with Crippen LogP contribution in [-0.4, -0.2) is 30.4 Å². The van der Waals surface area contributed by atoms with Crippen molar-refractivity contribution in [3.05, 3.63) is 29.3 Å². The highest BCUT2D eigenvalue weighted by Gasteiger charge is 2.01. The van der Waals surface area contributed by atoms with E-state index in [1.807, 2.05) is 13.0 Å². The summed E-state index contributed by atoms with van der Waals surface area (Å²) in [6, 6.07) is 5.16. The molecule has 84 valence electrons.